The number of anilines is 1. The van der Waals surface area contributed by atoms with E-state index in [1.165, 1.54) is 18.3 Å². The van der Waals surface area contributed by atoms with Crippen LogP contribution >= 0.6 is 0 Å². The molecule has 1 N–H and O–H groups in total. The van der Waals surface area contributed by atoms with Crippen molar-refractivity contribution in [1.82, 2.24) is 0 Å². The molecule has 20 heavy (non-hydrogen) atoms. The lowest BCUT2D eigenvalue weighted by molar-refractivity contribution is -0.384. The van der Waals surface area contributed by atoms with Gasteiger partial charge in [-0.15, -0.1) is 0 Å². The highest BCUT2D eigenvalue weighted by Crippen LogP contribution is 2.15. The first-order valence-corrected chi connectivity index (χ1v) is 5.86. The molecule has 0 aliphatic carbocycles. The van der Waals surface area contributed by atoms with Gasteiger partial charge in [-0.1, -0.05) is 12.1 Å². The van der Waals surface area contributed by atoms with Gasteiger partial charge in [0.2, 0.25) is 0 Å². The number of ether oxygens (including phenoxy) is 1. The molecular weight excluding hydrogens is 258 g/mol. The van der Waals surface area contributed by atoms with E-state index in [2.05, 4.69) is 10.5 Å². The third-order valence-corrected chi connectivity index (χ3v) is 2.58. The molecule has 0 fully saturated rings. The summed E-state index contributed by atoms with van der Waals surface area (Å²) in [6, 6.07) is 13.5. The van der Waals surface area contributed by atoms with Crippen molar-refractivity contribution in [2.75, 3.05) is 12.5 Å². The van der Waals surface area contributed by atoms with Crippen LogP contribution in [0, 0.1) is 10.1 Å². The van der Waals surface area contributed by atoms with Gasteiger partial charge in [-0.05, 0) is 24.3 Å². The van der Waals surface area contributed by atoms with Crippen LogP contribution in [0.5, 0.6) is 5.75 Å². The number of rotatable bonds is 5. The maximum Gasteiger partial charge on any atom is 0.270 e. The highest BCUT2D eigenvalue weighted by Gasteiger charge is 2.03. The second-order valence-electron chi connectivity index (χ2n) is 3.95. The van der Waals surface area contributed by atoms with Gasteiger partial charge in [-0.25, -0.2) is 0 Å². The van der Waals surface area contributed by atoms with Gasteiger partial charge < -0.3 is 4.74 Å². The molecule has 0 aliphatic rings. The summed E-state index contributed by atoms with van der Waals surface area (Å²) >= 11 is 0. The SMILES string of the molecule is COc1ccc(N/N=C/c2cccc([N+](=O)[O-])c2)cc1. The molecule has 0 spiro atoms. The minimum absolute atomic E-state index is 0.0402. The van der Waals surface area contributed by atoms with E-state index < -0.39 is 4.92 Å². The Morgan fingerprint density at radius 3 is 2.65 bits per heavy atom. The molecular formula is C14H13N3O3. The molecule has 0 saturated carbocycles. The van der Waals surface area contributed by atoms with Crippen molar-refractivity contribution >= 4 is 17.6 Å². The van der Waals surface area contributed by atoms with Crippen LogP contribution in [0.1, 0.15) is 5.56 Å². The van der Waals surface area contributed by atoms with E-state index in [4.69, 9.17) is 4.74 Å². The molecule has 0 heterocycles. The third kappa shape index (κ3) is 3.55. The van der Waals surface area contributed by atoms with Crippen LogP contribution in [-0.4, -0.2) is 18.2 Å². The first-order valence-electron chi connectivity index (χ1n) is 5.86. The summed E-state index contributed by atoms with van der Waals surface area (Å²) in [6.45, 7) is 0. The largest absolute Gasteiger partial charge is 0.497 e. The smallest absolute Gasteiger partial charge is 0.270 e. The summed E-state index contributed by atoms with van der Waals surface area (Å²) in [4.78, 5) is 10.2. The zero-order valence-corrected chi connectivity index (χ0v) is 10.8. The van der Waals surface area contributed by atoms with Gasteiger partial charge in [-0.3, -0.25) is 15.5 Å². The van der Waals surface area contributed by atoms with Crippen LogP contribution < -0.4 is 10.2 Å². The zero-order valence-electron chi connectivity index (χ0n) is 10.8. The first-order chi connectivity index (χ1) is 9.69. The lowest BCUT2D eigenvalue weighted by Crippen LogP contribution is -1.92. The molecule has 0 aliphatic heterocycles. The van der Waals surface area contributed by atoms with E-state index in [1.807, 2.05) is 24.3 Å². The van der Waals surface area contributed by atoms with E-state index in [9.17, 15) is 10.1 Å². The molecule has 102 valence electrons. The Bertz CT molecular complexity index is 624. The molecule has 2 aromatic carbocycles. The predicted molar refractivity (Wildman–Crippen MR) is 77.3 cm³/mol. The van der Waals surface area contributed by atoms with Crippen LogP contribution in [-0.2, 0) is 0 Å². The first kappa shape index (κ1) is 13.5. The molecule has 0 unspecified atom stereocenters. The number of hydrazone groups is 1. The van der Waals surface area contributed by atoms with E-state index in [1.54, 1.807) is 19.2 Å². The van der Waals surface area contributed by atoms with Gasteiger partial charge in [0.15, 0.2) is 0 Å². The lowest BCUT2D eigenvalue weighted by atomic mass is 10.2. The number of hydrogen-bond acceptors (Lipinski definition) is 5. The molecule has 6 nitrogen and oxygen atoms in total. The molecule has 0 atom stereocenters. The fourth-order valence-electron chi connectivity index (χ4n) is 1.57. The van der Waals surface area contributed by atoms with Gasteiger partial charge in [0.25, 0.3) is 5.69 Å². The Morgan fingerprint density at radius 1 is 1.25 bits per heavy atom. The van der Waals surface area contributed by atoms with E-state index in [0.29, 0.717) is 5.56 Å². The highest BCUT2D eigenvalue weighted by molar-refractivity contribution is 5.81. The Hall–Kier alpha value is -2.89. The van der Waals surface area contributed by atoms with E-state index >= 15 is 0 Å². The summed E-state index contributed by atoms with van der Waals surface area (Å²) in [7, 11) is 1.60. The maximum absolute atomic E-state index is 10.6. The number of benzene rings is 2. The van der Waals surface area contributed by atoms with Crippen molar-refractivity contribution in [2.45, 2.75) is 0 Å². The van der Waals surface area contributed by atoms with Gasteiger partial charge in [0.1, 0.15) is 5.75 Å². The average molecular weight is 271 g/mol. The topological polar surface area (TPSA) is 76.8 Å². The van der Waals surface area contributed by atoms with E-state index in [0.717, 1.165) is 11.4 Å². The number of methoxy groups -OCH3 is 1. The maximum atomic E-state index is 10.6. The predicted octanol–water partition coefficient (Wildman–Crippen LogP) is 3.05. The minimum Gasteiger partial charge on any atom is -0.497 e. The molecule has 0 amide bonds. The fourth-order valence-corrected chi connectivity index (χ4v) is 1.57. The fraction of sp³-hybridized carbons (Fsp3) is 0.0714. The van der Waals surface area contributed by atoms with Crippen molar-refractivity contribution in [2.24, 2.45) is 5.10 Å². The Balaban J connectivity index is 2.02. The second kappa shape index (κ2) is 6.33. The summed E-state index contributed by atoms with van der Waals surface area (Å²) in [6.07, 6.45) is 1.53. The quantitative estimate of drug-likeness (QED) is 0.515. The van der Waals surface area contributed by atoms with Crippen molar-refractivity contribution < 1.29 is 9.66 Å². The molecule has 2 rings (SSSR count). The number of nitro groups is 1. The summed E-state index contributed by atoms with van der Waals surface area (Å²) < 4.78 is 5.05. The highest BCUT2D eigenvalue weighted by atomic mass is 16.6. The number of nitrogens with one attached hydrogen (secondary N) is 1. The van der Waals surface area contributed by atoms with Crippen molar-refractivity contribution in [3.8, 4) is 5.75 Å². The molecule has 0 aromatic heterocycles. The van der Waals surface area contributed by atoms with Crippen molar-refractivity contribution in [3.05, 3.63) is 64.2 Å². The summed E-state index contributed by atoms with van der Waals surface area (Å²) in [5, 5.41) is 14.7. The molecule has 6 heteroatoms. The summed E-state index contributed by atoms with van der Waals surface area (Å²) in [5.41, 5.74) is 4.33. The van der Waals surface area contributed by atoms with Gasteiger partial charge >= 0.3 is 0 Å². The standard InChI is InChI=1S/C14H13N3O3/c1-20-14-7-5-12(6-8-14)16-15-10-11-3-2-4-13(9-11)17(18)19/h2-10,16H,1H3/b15-10+. The van der Waals surface area contributed by atoms with Gasteiger partial charge in [0, 0.05) is 17.7 Å². The Kier molecular flexibility index (Phi) is 4.28. The molecule has 0 saturated heterocycles. The number of nitro benzene ring substituents is 1. The van der Waals surface area contributed by atoms with Gasteiger partial charge in [0.05, 0.1) is 23.9 Å². The molecule has 0 radical (unpaired) electrons. The zero-order chi connectivity index (χ0) is 14.4. The van der Waals surface area contributed by atoms with Crippen LogP contribution in [0.25, 0.3) is 0 Å². The number of hydrogen-bond donors (Lipinski definition) is 1. The third-order valence-electron chi connectivity index (χ3n) is 2.58. The molecule has 0 bridgehead atoms. The number of non-ortho nitro benzene ring substituents is 1. The Labute approximate surface area is 115 Å². The van der Waals surface area contributed by atoms with E-state index in [-0.39, 0.29) is 5.69 Å². The van der Waals surface area contributed by atoms with Crippen molar-refractivity contribution in [1.29, 1.82) is 0 Å². The molecule has 2 aromatic rings. The van der Waals surface area contributed by atoms with Crippen molar-refractivity contribution in [3.63, 3.8) is 0 Å². The number of nitrogens with zero attached hydrogens (tertiary/aromatic N) is 2. The monoisotopic (exact) mass is 271 g/mol. The minimum atomic E-state index is -0.436. The lowest BCUT2D eigenvalue weighted by Gasteiger charge is -2.02. The second-order valence-corrected chi connectivity index (χ2v) is 3.95. The van der Waals surface area contributed by atoms with Crippen LogP contribution in [0.2, 0.25) is 0 Å². The average Bonchev–Trinajstić information content (AvgIpc) is 2.48. The van der Waals surface area contributed by atoms with Gasteiger partial charge in [-0.2, -0.15) is 5.10 Å². The van der Waals surface area contributed by atoms with Crippen LogP contribution in [0.3, 0.4) is 0 Å². The summed E-state index contributed by atoms with van der Waals surface area (Å²) in [5.74, 6) is 0.762. The Morgan fingerprint density at radius 2 is 2.00 bits per heavy atom. The normalized spacial score (nSPS) is 10.4. The van der Waals surface area contributed by atoms with Crippen LogP contribution in [0.15, 0.2) is 53.6 Å². The van der Waals surface area contributed by atoms with Crippen LogP contribution in [0.4, 0.5) is 11.4 Å².